The van der Waals surface area contributed by atoms with E-state index in [1.807, 2.05) is 0 Å². The average molecular weight is 676 g/mol. The highest BCUT2D eigenvalue weighted by Gasteiger charge is 2.39. The van der Waals surface area contributed by atoms with Gasteiger partial charge in [-0.2, -0.15) is 26.3 Å². The lowest BCUT2D eigenvalue weighted by atomic mass is 9.92. The van der Waals surface area contributed by atoms with E-state index in [0.29, 0.717) is 37.2 Å². The summed E-state index contributed by atoms with van der Waals surface area (Å²) < 4.78 is 96.3. The molecule has 3 saturated carbocycles. The minimum atomic E-state index is -4.32. The lowest BCUT2D eigenvalue weighted by Gasteiger charge is -2.33. The zero-order valence-electron chi connectivity index (χ0n) is 26.2. The summed E-state index contributed by atoms with van der Waals surface area (Å²) >= 11 is 0. The van der Waals surface area contributed by atoms with Gasteiger partial charge in [0.1, 0.15) is 17.3 Å². The minimum absolute atomic E-state index is 0.0700. The van der Waals surface area contributed by atoms with E-state index >= 15 is 0 Å². The SMILES string of the molecule is NC1CCC(Oc2ccc(C(F)(F)F)cc2)CC1.O=C1CCC(Oc2ccc(C(F)(F)F)cc2)CC1.OC1CCC2(CC1)OCCO2. The Hall–Kier alpha value is -2.87. The number of rotatable bonds is 4. The van der Waals surface area contributed by atoms with Gasteiger partial charge in [0.25, 0.3) is 0 Å². The van der Waals surface area contributed by atoms with E-state index < -0.39 is 23.5 Å². The normalized spacial score (nSPS) is 23.7. The van der Waals surface area contributed by atoms with Crippen molar-refractivity contribution >= 4 is 5.78 Å². The van der Waals surface area contributed by atoms with Crippen LogP contribution in [0.4, 0.5) is 26.3 Å². The molecule has 262 valence electrons. The summed E-state index contributed by atoms with van der Waals surface area (Å²) in [6, 6.07) is 9.71. The molecule has 0 bridgehead atoms. The quantitative estimate of drug-likeness (QED) is 0.322. The summed E-state index contributed by atoms with van der Waals surface area (Å²) in [6.45, 7) is 1.44. The molecule has 2 aromatic carbocycles. The molecule has 4 aliphatic rings. The van der Waals surface area contributed by atoms with E-state index in [1.165, 1.54) is 24.3 Å². The van der Waals surface area contributed by atoms with Gasteiger partial charge in [0, 0.05) is 31.7 Å². The van der Waals surface area contributed by atoms with Gasteiger partial charge in [-0.05, 0) is 99.9 Å². The van der Waals surface area contributed by atoms with E-state index in [9.17, 15) is 36.2 Å². The molecule has 0 aromatic heterocycles. The van der Waals surface area contributed by atoms with Crippen molar-refractivity contribution < 1.29 is 55.2 Å². The van der Waals surface area contributed by atoms with Crippen LogP contribution in [0.2, 0.25) is 0 Å². The molecule has 0 amide bonds. The molecule has 13 heteroatoms. The molecule has 0 unspecified atom stereocenters. The third-order valence-corrected chi connectivity index (χ3v) is 8.71. The fraction of sp³-hybridized carbons (Fsp3) is 0.618. The molecule has 2 aromatic rings. The van der Waals surface area contributed by atoms with Crippen molar-refractivity contribution in [2.45, 2.75) is 120 Å². The molecule has 0 atom stereocenters. The summed E-state index contributed by atoms with van der Waals surface area (Å²) in [5.74, 6) is 0.826. The number of aliphatic hydroxyl groups is 1. The largest absolute Gasteiger partial charge is 0.490 e. The van der Waals surface area contributed by atoms with Crippen LogP contribution in [-0.2, 0) is 26.6 Å². The number of carbonyl (C=O) groups is 1. The van der Waals surface area contributed by atoms with E-state index in [2.05, 4.69) is 0 Å². The van der Waals surface area contributed by atoms with Crippen molar-refractivity contribution in [3.8, 4) is 11.5 Å². The van der Waals surface area contributed by atoms with Gasteiger partial charge in [-0.15, -0.1) is 0 Å². The molecule has 1 spiro atoms. The Morgan fingerprint density at radius 1 is 0.660 bits per heavy atom. The summed E-state index contributed by atoms with van der Waals surface area (Å²) in [5, 5.41) is 9.24. The summed E-state index contributed by atoms with van der Waals surface area (Å²) in [5.41, 5.74) is 4.44. The number of halogens is 6. The number of ketones is 1. The molecule has 47 heavy (non-hydrogen) atoms. The standard InChI is InChI=1S/C13H16F3NO.C13H13F3O2.C8H14O3/c2*14-13(15,16)9-1-5-11(6-2-9)18-12-7-3-10(17)4-8-12;9-7-1-3-8(4-2-7)10-5-6-11-8/h1-2,5-6,10,12H,3-4,7-8,17H2;1-2,5-6,12H,3-4,7-8H2;7,9H,1-6H2. The highest BCUT2D eigenvalue weighted by Crippen LogP contribution is 2.36. The maximum Gasteiger partial charge on any atom is 0.416 e. The molecule has 3 aliphatic carbocycles. The number of alkyl halides is 6. The maximum absolute atomic E-state index is 12.4. The predicted molar refractivity (Wildman–Crippen MR) is 161 cm³/mol. The molecule has 1 saturated heterocycles. The van der Waals surface area contributed by atoms with Crippen LogP contribution in [0, 0.1) is 0 Å². The number of hydrogen-bond acceptors (Lipinski definition) is 7. The molecular weight excluding hydrogens is 632 g/mol. The number of nitrogens with two attached hydrogens (primary N) is 1. The van der Waals surface area contributed by atoms with Crippen molar-refractivity contribution in [2.75, 3.05) is 13.2 Å². The van der Waals surface area contributed by atoms with Crippen molar-refractivity contribution in [3.05, 3.63) is 59.7 Å². The number of hydrogen-bond donors (Lipinski definition) is 2. The second-order valence-corrected chi connectivity index (χ2v) is 12.4. The second kappa shape index (κ2) is 16.5. The van der Waals surface area contributed by atoms with Gasteiger partial charge in [-0.25, -0.2) is 0 Å². The van der Waals surface area contributed by atoms with Gasteiger partial charge in [-0.1, -0.05) is 0 Å². The number of Topliss-reactive ketones (excluding diaryl/α,β-unsaturated/α-hetero) is 1. The minimum Gasteiger partial charge on any atom is -0.490 e. The van der Waals surface area contributed by atoms with Crippen LogP contribution in [0.3, 0.4) is 0 Å². The molecule has 3 N–H and O–H groups in total. The van der Waals surface area contributed by atoms with Crippen molar-refractivity contribution in [1.29, 1.82) is 0 Å². The smallest absolute Gasteiger partial charge is 0.416 e. The third kappa shape index (κ3) is 12.0. The van der Waals surface area contributed by atoms with E-state index in [4.69, 9.17) is 24.7 Å². The number of benzene rings is 2. The predicted octanol–water partition coefficient (Wildman–Crippen LogP) is 7.61. The first-order valence-corrected chi connectivity index (χ1v) is 16.1. The Morgan fingerprint density at radius 3 is 1.47 bits per heavy atom. The fourth-order valence-electron chi connectivity index (χ4n) is 5.90. The van der Waals surface area contributed by atoms with Gasteiger partial charge in [0.2, 0.25) is 0 Å². The fourth-order valence-corrected chi connectivity index (χ4v) is 5.90. The van der Waals surface area contributed by atoms with Crippen molar-refractivity contribution in [3.63, 3.8) is 0 Å². The molecule has 4 fully saturated rings. The van der Waals surface area contributed by atoms with Gasteiger partial charge in [0.15, 0.2) is 5.79 Å². The van der Waals surface area contributed by atoms with Gasteiger partial charge >= 0.3 is 12.4 Å². The van der Waals surface area contributed by atoms with E-state index in [-0.39, 0.29) is 35.9 Å². The summed E-state index contributed by atoms with van der Waals surface area (Å²) in [7, 11) is 0. The second-order valence-electron chi connectivity index (χ2n) is 12.4. The van der Waals surface area contributed by atoms with E-state index in [1.54, 1.807) is 0 Å². The topological polar surface area (TPSA) is 100 Å². The van der Waals surface area contributed by atoms with Crippen LogP contribution >= 0.6 is 0 Å². The van der Waals surface area contributed by atoms with Crippen LogP contribution in [0.25, 0.3) is 0 Å². The Labute approximate surface area is 270 Å². The van der Waals surface area contributed by atoms with E-state index in [0.717, 1.165) is 88.8 Å². The molecule has 1 heterocycles. The Kier molecular flexibility index (Phi) is 13.0. The first-order chi connectivity index (χ1) is 22.2. The first kappa shape index (κ1) is 37.0. The molecular formula is C34H43F6NO6. The lowest BCUT2D eigenvalue weighted by molar-refractivity contribution is -0.187. The van der Waals surface area contributed by atoms with Crippen LogP contribution in [-0.4, -0.2) is 54.2 Å². The molecule has 7 nitrogen and oxygen atoms in total. The Bertz CT molecular complexity index is 1220. The number of aliphatic hydroxyl groups excluding tert-OH is 1. The number of ether oxygens (including phenoxy) is 4. The highest BCUT2D eigenvalue weighted by molar-refractivity contribution is 5.79. The molecule has 6 rings (SSSR count). The monoisotopic (exact) mass is 675 g/mol. The van der Waals surface area contributed by atoms with Gasteiger partial charge in [-0.3, -0.25) is 4.79 Å². The molecule has 1 aliphatic heterocycles. The van der Waals surface area contributed by atoms with Crippen LogP contribution in [0.15, 0.2) is 48.5 Å². The maximum atomic E-state index is 12.4. The van der Waals surface area contributed by atoms with Gasteiger partial charge < -0.3 is 29.8 Å². The summed E-state index contributed by atoms with van der Waals surface area (Å²) in [4.78, 5) is 11.0. The van der Waals surface area contributed by atoms with Crippen molar-refractivity contribution in [1.82, 2.24) is 0 Å². The Morgan fingerprint density at radius 2 is 1.06 bits per heavy atom. The van der Waals surface area contributed by atoms with Gasteiger partial charge in [0.05, 0.1) is 42.7 Å². The average Bonchev–Trinajstić information content (AvgIpc) is 3.49. The van der Waals surface area contributed by atoms with Crippen LogP contribution in [0.5, 0.6) is 11.5 Å². The van der Waals surface area contributed by atoms with Crippen LogP contribution in [0.1, 0.15) is 88.2 Å². The van der Waals surface area contributed by atoms with Crippen molar-refractivity contribution in [2.24, 2.45) is 5.73 Å². The first-order valence-electron chi connectivity index (χ1n) is 16.1. The Balaban J connectivity index is 0.000000164. The summed E-state index contributed by atoms with van der Waals surface area (Å²) in [6.07, 6.45) is 0.403. The molecule has 0 radical (unpaired) electrons. The zero-order chi connectivity index (χ0) is 34.1. The lowest BCUT2D eigenvalue weighted by Crippen LogP contribution is -2.36. The third-order valence-electron chi connectivity index (χ3n) is 8.71. The zero-order valence-corrected chi connectivity index (χ0v) is 26.2. The number of carbonyl (C=O) groups excluding carboxylic acids is 1. The van der Waals surface area contributed by atoms with Crippen LogP contribution < -0.4 is 15.2 Å². The highest BCUT2D eigenvalue weighted by atomic mass is 19.4.